The Balaban J connectivity index is 0. The molecule has 0 aromatic carbocycles. The molecule has 0 heterocycles. The summed E-state index contributed by atoms with van der Waals surface area (Å²) in [6.07, 6.45) is 0. The van der Waals surface area contributed by atoms with Crippen molar-refractivity contribution in [2.75, 3.05) is 20.2 Å². The predicted octanol–water partition coefficient (Wildman–Crippen LogP) is 1.04. The largest absolute Gasteiger partial charge is 0.382 e. The zero-order chi connectivity index (χ0) is 6.83. The quantitative estimate of drug-likeness (QED) is 0.585. The highest BCUT2D eigenvalue weighted by molar-refractivity contribution is 4.27. The van der Waals surface area contributed by atoms with Crippen LogP contribution < -0.4 is 5.32 Å². The van der Waals surface area contributed by atoms with E-state index in [1.165, 1.54) is 7.11 Å². The molecule has 1 N–H and O–H groups in total. The van der Waals surface area contributed by atoms with Crippen molar-refractivity contribution in [2.24, 2.45) is 0 Å². The number of rotatable bonds is 2. The van der Waals surface area contributed by atoms with Gasteiger partial charge in [0.05, 0.1) is 7.11 Å². The molecule has 0 aromatic rings. The molecular formula is C6H16NO. The van der Waals surface area contributed by atoms with E-state index in [9.17, 15) is 0 Å². The molecule has 0 saturated carbocycles. The molecule has 2 nitrogen and oxygen atoms in total. The SMILES string of the molecule is CCNCC.[CH2]OC. The average molecular weight is 118 g/mol. The summed E-state index contributed by atoms with van der Waals surface area (Å²) in [5, 5.41) is 3.11. The van der Waals surface area contributed by atoms with Crippen LogP contribution in [0.5, 0.6) is 0 Å². The molecule has 0 fully saturated rings. The molecule has 0 amide bonds. The third kappa shape index (κ3) is 38.9. The first kappa shape index (κ1) is 10.8. The summed E-state index contributed by atoms with van der Waals surface area (Å²) in [6, 6.07) is 0. The molecule has 0 aliphatic rings. The van der Waals surface area contributed by atoms with E-state index in [0.717, 1.165) is 13.1 Å². The van der Waals surface area contributed by atoms with Gasteiger partial charge in [0, 0.05) is 7.11 Å². The van der Waals surface area contributed by atoms with E-state index < -0.39 is 0 Å². The predicted molar refractivity (Wildman–Crippen MR) is 36.6 cm³/mol. The fourth-order valence-corrected chi connectivity index (χ4v) is 0.250. The molecule has 2 heteroatoms. The van der Waals surface area contributed by atoms with E-state index in [0.29, 0.717) is 0 Å². The van der Waals surface area contributed by atoms with Gasteiger partial charge >= 0.3 is 0 Å². The second kappa shape index (κ2) is 15.8. The van der Waals surface area contributed by atoms with Crippen LogP contribution in [0.15, 0.2) is 0 Å². The van der Waals surface area contributed by atoms with Gasteiger partial charge in [-0.1, -0.05) is 13.8 Å². The highest BCUT2D eigenvalue weighted by Crippen LogP contribution is 1.47. The summed E-state index contributed by atoms with van der Waals surface area (Å²) in [5.41, 5.74) is 0. The van der Waals surface area contributed by atoms with E-state index in [2.05, 4.69) is 31.0 Å². The standard InChI is InChI=1S/C4H11N.C2H5O/c1-3-5-4-2;1-3-2/h5H,3-4H2,1-2H3;1H2,2H3. The molecule has 51 valence electrons. The fourth-order valence-electron chi connectivity index (χ4n) is 0.250. The Bertz CT molecular complexity index is 22.5. The van der Waals surface area contributed by atoms with E-state index >= 15 is 0 Å². The molecule has 1 radical (unpaired) electrons. The summed E-state index contributed by atoms with van der Waals surface area (Å²) in [4.78, 5) is 0. The molecule has 0 rings (SSSR count). The van der Waals surface area contributed by atoms with Gasteiger partial charge < -0.3 is 10.1 Å². The molecule has 0 unspecified atom stereocenters. The fraction of sp³-hybridized carbons (Fsp3) is 0.833. The van der Waals surface area contributed by atoms with Gasteiger partial charge in [-0.3, -0.25) is 0 Å². The van der Waals surface area contributed by atoms with Crippen LogP contribution in [0.3, 0.4) is 0 Å². The summed E-state index contributed by atoms with van der Waals surface area (Å²) >= 11 is 0. The van der Waals surface area contributed by atoms with E-state index in [4.69, 9.17) is 0 Å². The van der Waals surface area contributed by atoms with Crippen LogP contribution in [0.25, 0.3) is 0 Å². The maximum absolute atomic E-state index is 4.00. The Kier molecular flexibility index (Phi) is 21.3. The van der Waals surface area contributed by atoms with Crippen molar-refractivity contribution >= 4 is 0 Å². The Hall–Kier alpha value is -0.0800. The monoisotopic (exact) mass is 118 g/mol. The van der Waals surface area contributed by atoms with Gasteiger partial charge in [0.15, 0.2) is 0 Å². The van der Waals surface area contributed by atoms with Crippen LogP contribution in [0.4, 0.5) is 0 Å². The highest BCUT2D eigenvalue weighted by atomic mass is 16.4. The van der Waals surface area contributed by atoms with Crippen molar-refractivity contribution in [1.82, 2.24) is 5.32 Å². The molecular weight excluding hydrogens is 102 g/mol. The third-order valence-corrected chi connectivity index (χ3v) is 0.500. The lowest BCUT2D eigenvalue weighted by Gasteiger charge is -1.86. The van der Waals surface area contributed by atoms with E-state index in [-0.39, 0.29) is 0 Å². The molecule has 0 aliphatic carbocycles. The van der Waals surface area contributed by atoms with Crippen molar-refractivity contribution in [2.45, 2.75) is 13.8 Å². The van der Waals surface area contributed by atoms with Crippen LogP contribution in [-0.4, -0.2) is 20.2 Å². The van der Waals surface area contributed by atoms with Crippen molar-refractivity contribution in [3.8, 4) is 0 Å². The Morgan fingerprint density at radius 3 is 1.62 bits per heavy atom. The number of hydrogen-bond donors (Lipinski definition) is 1. The molecule has 0 aromatic heterocycles. The average Bonchev–Trinajstić information content (AvgIpc) is 1.71. The van der Waals surface area contributed by atoms with Gasteiger partial charge in [-0.05, 0) is 13.1 Å². The van der Waals surface area contributed by atoms with Crippen LogP contribution in [-0.2, 0) is 4.74 Å². The van der Waals surface area contributed by atoms with Crippen molar-refractivity contribution in [1.29, 1.82) is 0 Å². The maximum atomic E-state index is 4.00. The third-order valence-electron chi connectivity index (χ3n) is 0.500. The lowest BCUT2D eigenvalue weighted by atomic mass is 10.7. The minimum Gasteiger partial charge on any atom is -0.382 e. The van der Waals surface area contributed by atoms with Crippen LogP contribution >= 0.6 is 0 Å². The molecule has 0 bridgehead atoms. The van der Waals surface area contributed by atoms with Crippen LogP contribution in [0.2, 0.25) is 0 Å². The number of nitrogens with one attached hydrogen (secondary N) is 1. The molecule has 0 spiro atoms. The topological polar surface area (TPSA) is 21.3 Å². The summed E-state index contributed by atoms with van der Waals surface area (Å²) in [6.45, 7) is 6.39. The van der Waals surface area contributed by atoms with Crippen molar-refractivity contribution in [3.63, 3.8) is 0 Å². The van der Waals surface area contributed by atoms with Gasteiger partial charge in [0.25, 0.3) is 0 Å². The number of ether oxygens (including phenoxy) is 1. The van der Waals surface area contributed by atoms with E-state index in [1.807, 2.05) is 0 Å². The van der Waals surface area contributed by atoms with Crippen molar-refractivity contribution in [3.05, 3.63) is 7.11 Å². The second-order valence-corrected chi connectivity index (χ2v) is 1.25. The first-order valence-corrected chi connectivity index (χ1v) is 2.82. The first-order chi connectivity index (χ1) is 3.83. The lowest BCUT2D eigenvalue weighted by Crippen LogP contribution is -2.09. The maximum Gasteiger partial charge on any atom is 0.0696 e. The van der Waals surface area contributed by atoms with Gasteiger partial charge in [-0.15, -0.1) is 0 Å². The zero-order valence-corrected chi connectivity index (χ0v) is 6.03. The molecule has 8 heavy (non-hydrogen) atoms. The van der Waals surface area contributed by atoms with Gasteiger partial charge in [0.2, 0.25) is 0 Å². The van der Waals surface area contributed by atoms with Gasteiger partial charge in [-0.25, -0.2) is 0 Å². The summed E-state index contributed by atoms with van der Waals surface area (Å²) in [7, 11) is 4.50. The normalized spacial score (nSPS) is 7.50. The van der Waals surface area contributed by atoms with Crippen LogP contribution in [0.1, 0.15) is 13.8 Å². The first-order valence-electron chi connectivity index (χ1n) is 2.82. The van der Waals surface area contributed by atoms with Crippen molar-refractivity contribution < 1.29 is 4.74 Å². The molecule has 0 atom stereocenters. The van der Waals surface area contributed by atoms with Gasteiger partial charge in [0.1, 0.15) is 0 Å². The van der Waals surface area contributed by atoms with Crippen LogP contribution in [0, 0.1) is 7.11 Å². The summed E-state index contributed by atoms with van der Waals surface area (Å²) < 4.78 is 4.00. The Labute approximate surface area is 52.2 Å². The smallest absolute Gasteiger partial charge is 0.0696 e. The van der Waals surface area contributed by atoms with Gasteiger partial charge in [-0.2, -0.15) is 0 Å². The lowest BCUT2D eigenvalue weighted by molar-refractivity contribution is 0.329. The van der Waals surface area contributed by atoms with E-state index in [1.54, 1.807) is 0 Å². The molecule has 0 saturated heterocycles. The minimum absolute atomic E-state index is 1.09. The number of hydrogen-bond acceptors (Lipinski definition) is 2. The zero-order valence-electron chi connectivity index (χ0n) is 6.03. The second-order valence-electron chi connectivity index (χ2n) is 1.25. The minimum atomic E-state index is 1.09. The Morgan fingerprint density at radius 1 is 1.38 bits per heavy atom. The summed E-state index contributed by atoms with van der Waals surface area (Å²) in [5.74, 6) is 0. The Morgan fingerprint density at radius 2 is 1.62 bits per heavy atom. The highest BCUT2D eigenvalue weighted by Gasteiger charge is 1.62. The molecule has 0 aliphatic heterocycles. The number of methoxy groups -OCH3 is 1.